The Morgan fingerprint density at radius 1 is 1.38 bits per heavy atom. The first-order chi connectivity index (χ1) is 10.2. The maximum absolute atomic E-state index is 10.7. The average Bonchev–Trinajstić information content (AvgIpc) is 2.93. The zero-order valence-electron chi connectivity index (χ0n) is 11.7. The number of hydrogen-bond acceptors (Lipinski definition) is 4. The third kappa shape index (κ3) is 3.41. The van der Waals surface area contributed by atoms with Gasteiger partial charge in [0.25, 0.3) is 5.91 Å². The molecule has 110 valence electrons. The van der Waals surface area contributed by atoms with Gasteiger partial charge in [-0.2, -0.15) is 0 Å². The van der Waals surface area contributed by atoms with Crippen molar-refractivity contribution < 1.29 is 9.53 Å². The van der Waals surface area contributed by atoms with Crippen LogP contribution in [0.4, 0.5) is 0 Å². The van der Waals surface area contributed by atoms with Crippen molar-refractivity contribution in [1.29, 1.82) is 0 Å². The summed E-state index contributed by atoms with van der Waals surface area (Å²) in [5.41, 5.74) is 7.48. The van der Waals surface area contributed by atoms with E-state index in [0.717, 1.165) is 31.7 Å². The molecule has 0 fully saturated rings. The molecule has 2 aromatic rings. The van der Waals surface area contributed by atoms with E-state index in [1.54, 1.807) is 0 Å². The van der Waals surface area contributed by atoms with Gasteiger partial charge in [0.1, 0.15) is 5.75 Å². The molecule has 6 nitrogen and oxygen atoms in total. The Kier molecular flexibility index (Phi) is 3.87. The predicted octanol–water partition coefficient (Wildman–Crippen LogP) is 0.763. The molecule has 0 aliphatic carbocycles. The molecule has 1 aromatic carbocycles. The smallest absolute Gasteiger partial charge is 0.255 e. The monoisotopic (exact) mass is 286 g/mol. The first-order valence-electron chi connectivity index (χ1n) is 6.92. The molecule has 2 N–H and O–H groups in total. The molecule has 0 saturated carbocycles. The molecule has 0 spiro atoms. The zero-order valence-corrected chi connectivity index (χ0v) is 11.7. The summed E-state index contributed by atoms with van der Waals surface area (Å²) in [6, 6.07) is 7.77. The van der Waals surface area contributed by atoms with E-state index in [1.807, 2.05) is 30.7 Å². The van der Waals surface area contributed by atoms with Crippen LogP contribution < -0.4 is 10.5 Å². The standard InChI is InChI=1S/C15H18N4O2/c16-15(20)10-21-14-3-1-2-12(6-14)8-18-4-5-19-11-17-7-13(19)9-18/h1-3,6-7,11H,4-5,8-10H2,(H2,16,20). The number of primary amides is 1. The molecule has 1 aromatic heterocycles. The second-order valence-corrected chi connectivity index (χ2v) is 5.19. The Bertz CT molecular complexity index is 638. The Hall–Kier alpha value is -2.34. The summed E-state index contributed by atoms with van der Waals surface area (Å²) in [6.45, 7) is 3.61. The van der Waals surface area contributed by atoms with Gasteiger partial charge in [0, 0.05) is 32.4 Å². The third-order valence-electron chi connectivity index (χ3n) is 3.53. The van der Waals surface area contributed by atoms with Crippen molar-refractivity contribution in [3.05, 3.63) is 48.0 Å². The van der Waals surface area contributed by atoms with Crippen LogP contribution >= 0.6 is 0 Å². The summed E-state index contributed by atoms with van der Waals surface area (Å²) in [4.78, 5) is 17.3. The van der Waals surface area contributed by atoms with Crippen molar-refractivity contribution in [2.24, 2.45) is 5.73 Å². The highest BCUT2D eigenvalue weighted by atomic mass is 16.5. The SMILES string of the molecule is NC(=O)COc1cccc(CN2CCn3cncc3C2)c1. The van der Waals surface area contributed by atoms with Gasteiger partial charge in [-0.25, -0.2) is 4.98 Å². The van der Waals surface area contributed by atoms with Gasteiger partial charge in [-0.3, -0.25) is 9.69 Å². The van der Waals surface area contributed by atoms with E-state index in [9.17, 15) is 4.79 Å². The molecule has 0 atom stereocenters. The van der Waals surface area contributed by atoms with Crippen molar-refractivity contribution in [2.45, 2.75) is 19.6 Å². The number of benzene rings is 1. The van der Waals surface area contributed by atoms with Crippen molar-refractivity contribution in [1.82, 2.24) is 14.5 Å². The van der Waals surface area contributed by atoms with Crippen LogP contribution in [0.25, 0.3) is 0 Å². The van der Waals surface area contributed by atoms with Gasteiger partial charge in [0.05, 0.1) is 12.0 Å². The number of nitrogens with two attached hydrogens (primary N) is 1. The lowest BCUT2D eigenvalue weighted by Gasteiger charge is -2.28. The number of aromatic nitrogens is 2. The summed E-state index contributed by atoms with van der Waals surface area (Å²) in [6.07, 6.45) is 3.80. The molecule has 6 heteroatoms. The highest BCUT2D eigenvalue weighted by Crippen LogP contribution is 2.18. The van der Waals surface area contributed by atoms with E-state index < -0.39 is 5.91 Å². The van der Waals surface area contributed by atoms with E-state index in [0.29, 0.717) is 5.75 Å². The van der Waals surface area contributed by atoms with Crippen molar-refractivity contribution in [2.75, 3.05) is 13.2 Å². The molecular formula is C15H18N4O2. The number of hydrogen-bond donors (Lipinski definition) is 1. The number of carbonyl (C=O) groups excluding carboxylic acids is 1. The van der Waals surface area contributed by atoms with Crippen LogP contribution in [0.3, 0.4) is 0 Å². The first kappa shape index (κ1) is 13.6. The van der Waals surface area contributed by atoms with Gasteiger partial charge >= 0.3 is 0 Å². The van der Waals surface area contributed by atoms with E-state index in [1.165, 1.54) is 5.69 Å². The molecule has 0 saturated heterocycles. The highest BCUT2D eigenvalue weighted by molar-refractivity contribution is 5.75. The van der Waals surface area contributed by atoms with E-state index in [-0.39, 0.29) is 6.61 Å². The normalized spacial score (nSPS) is 14.7. The lowest BCUT2D eigenvalue weighted by Crippen LogP contribution is -2.32. The number of imidazole rings is 1. The minimum Gasteiger partial charge on any atom is -0.484 e. The molecule has 1 aliphatic rings. The summed E-state index contributed by atoms with van der Waals surface area (Å²) >= 11 is 0. The molecule has 0 bridgehead atoms. The summed E-state index contributed by atoms with van der Waals surface area (Å²) in [5.74, 6) is 0.207. The Morgan fingerprint density at radius 3 is 3.14 bits per heavy atom. The topological polar surface area (TPSA) is 73.4 Å². The van der Waals surface area contributed by atoms with Crippen LogP contribution in [0.5, 0.6) is 5.75 Å². The third-order valence-corrected chi connectivity index (χ3v) is 3.53. The zero-order chi connectivity index (χ0) is 14.7. The van der Waals surface area contributed by atoms with Gasteiger partial charge in [0.15, 0.2) is 6.61 Å². The predicted molar refractivity (Wildman–Crippen MR) is 77.5 cm³/mol. The second kappa shape index (κ2) is 5.97. The van der Waals surface area contributed by atoms with Crippen LogP contribution in [-0.4, -0.2) is 33.5 Å². The van der Waals surface area contributed by atoms with Gasteiger partial charge in [-0.15, -0.1) is 0 Å². The molecule has 3 rings (SSSR count). The van der Waals surface area contributed by atoms with E-state index >= 15 is 0 Å². The maximum atomic E-state index is 10.7. The minimum absolute atomic E-state index is 0.0909. The molecule has 2 heterocycles. The quantitative estimate of drug-likeness (QED) is 0.881. The van der Waals surface area contributed by atoms with Crippen molar-refractivity contribution >= 4 is 5.91 Å². The summed E-state index contributed by atoms with van der Waals surface area (Å²) in [7, 11) is 0. The molecule has 0 radical (unpaired) electrons. The molecule has 1 amide bonds. The summed E-state index contributed by atoms with van der Waals surface area (Å²) in [5, 5.41) is 0. The van der Waals surface area contributed by atoms with Gasteiger partial charge in [-0.05, 0) is 17.7 Å². The van der Waals surface area contributed by atoms with Crippen LogP contribution in [0, 0.1) is 0 Å². The molecule has 0 unspecified atom stereocenters. The van der Waals surface area contributed by atoms with Crippen molar-refractivity contribution in [3.63, 3.8) is 0 Å². The fourth-order valence-electron chi connectivity index (χ4n) is 2.52. The number of amides is 1. The van der Waals surface area contributed by atoms with Crippen molar-refractivity contribution in [3.8, 4) is 5.75 Å². The number of nitrogens with zero attached hydrogens (tertiary/aromatic N) is 3. The largest absolute Gasteiger partial charge is 0.484 e. The summed E-state index contributed by atoms with van der Waals surface area (Å²) < 4.78 is 7.52. The van der Waals surface area contributed by atoms with Gasteiger partial charge in [-0.1, -0.05) is 12.1 Å². The van der Waals surface area contributed by atoms with Crippen LogP contribution in [0.2, 0.25) is 0 Å². The average molecular weight is 286 g/mol. The number of rotatable bonds is 5. The highest BCUT2D eigenvalue weighted by Gasteiger charge is 2.16. The Balaban J connectivity index is 1.63. The fraction of sp³-hybridized carbons (Fsp3) is 0.333. The van der Waals surface area contributed by atoms with Crippen LogP contribution in [-0.2, 0) is 24.4 Å². The first-order valence-corrected chi connectivity index (χ1v) is 6.92. The number of ether oxygens (including phenoxy) is 1. The molecular weight excluding hydrogens is 268 g/mol. The number of fused-ring (bicyclic) bond motifs is 1. The van der Waals surface area contributed by atoms with E-state index in [4.69, 9.17) is 10.5 Å². The van der Waals surface area contributed by atoms with E-state index in [2.05, 4.69) is 20.5 Å². The van der Waals surface area contributed by atoms with Crippen LogP contribution in [0.15, 0.2) is 36.8 Å². The lowest BCUT2D eigenvalue weighted by atomic mass is 10.2. The second-order valence-electron chi connectivity index (χ2n) is 5.19. The van der Waals surface area contributed by atoms with Crippen LogP contribution in [0.1, 0.15) is 11.3 Å². The van der Waals surface area contributed by atoms with Gasteiger partial charge in [0.2, 0.25) is 0 Å². The minimum atomic E-state index is -0.468. The molecule has 1 aliphatic heterocycles. The van der Waals surface area contributed by atoms with Gasteiger partial charge < -0.3 is 15.0 Å². The number of carbonyl (C=O) groups is 1. The Labute approximate surface area is 123 Å². The fourth-order valence-corrected chi connectivity index (χ4v) is 2.52. The lowest BCUT2D eigenvalue weighted by molar-refractivity contribution is -0.119. The maximum Gasteiger partial charge on any atom is 0.255 e. The molecule has 21 heavy (non-hydrogen) atoms. The Morgan fingerprint density at radius 2 is 2.29 bits per heavy atom.